The Morgan fingerprint density at radius 1 is 1.03 bits per heavy atom. The number of anilines is 1. The summed E-state index contributed by atoms with van der Waals surface area (Å²) in [7, 11) is -3.94. The van der Waals surface area contributed by atoms with Gasteiger partial charge in [-0.05, 0) is 60.9 Å². The predicted octanol–water partition coefficient (Wildman–Crippen LogP) is 5.08. The molecule has 0 aliphatic heterocycles. The quantitative estimate of drug-likeness (QED) is 0.536. The van der Waals surface area contributed by atoms with Crippen molar-refractivity contribution >= 4 is 33.2 Å². The molecule has 31 heavy (non-hydrogen) atoms. The van der Waals surface area contributed by atoms with Gasteiger partial charge in [0.1, 0.15) is 5.82 Å². The molecule has 0 spiro atoms. The van der Waals surface area contributed by atoms with Crippen molar-refractivity contribution in [3.05, 3.63) is 94.8 Å². The van der Waals surface area contributed by atoms with Gasteiger partial charge < -0.3 is 4.90 Å². The van der Waals surface area contributed by atoms with Gasteiger partial charge in [-0.25, -0.2) is 12.8 Å². The molecule has 0 radical (unpaired) electrons. The highest BCUT2D eigenvalue weighted by molar-refractivity contribution is 7.92. The Kier molecular flexibility index (Phi) is 5.98. The maximum Gasteiger partial charge on any atom is 0.261 e. The summed E-state index contributed by atoms with van der Waals surface area (Å²) in [4.78, 5) is 14.8. The third-order valence-corrected chi connectivity index (χ3v) is 6.70. The Bertz CT molecular complexity index is 1200. The smallest absolute Gasteiger partial charge is 0.261 e. The van der Waals surface area contributed by atoms with Gasteiger partial charge in [-0.15, -0.1) is 0 Å². The molecule has 0 unspecified atom stereocenters. The number of nitrogens with zero attached hydrogens (tertiary/aromatic N) is 1. The molecule has 8 heteroatoms. The SMILES string of the molecule is O=C(c1ccc(NS(=O)(=O)c2ccc(F)c(Cl)c2)cc1)N(Cc1ccccc1)C1CC1. The van der Waals surface area contributed by atoms with E-state index in [1.807, 2.05) is 35.2 Å². The number of carbonyl (C=O) groups is 1. The van der Waals surface area contributed by atoms with Crippen molar-refractivity contribution in [1.29, 1.82) is 0 Å². The maximum atomic E-state index is 13.3. The van der Waals surface area contributed by atoms with Crippen molar-refractivity contribution in [2.75, 3.05) is 4.72 Å². The second-order valence-corrected chi connectivity index (χ2v) is 9.50. The molecule has 1 amide bonds. The summed E-state index contributed by atoms with van der Waals surface area (Å²) in [6.45, 7) is 0.532. The standard InChI is InChI=1S/C23H20ClFN2O3S/c24-21-14-20(12-13-22(21)25)31(29,30)26-18-8-6-17(7-9-18)23(28)27(19-10-11-19)15-16-4-2-1-3-5-16/h1-9,12-14,19,26H,10-11,15H2. The summed E-state index contributed by atoms with van der Waals surface area (Å²) in [5.74, 6) is -0.787. The number of hydrogen-bond acceptors (Lipinski definition) is 3. The van der Waals surface area contributed by atoms with Crippen LogP contribution in [0.5, 0.6) is 0 Å². The predicted molar refractivity (Wildman–Crippen MR) is 118 cm³/mol. The highest BCUT2D eigenvalue weighted by Crippen LogP contribution is 2.30. The monoisotopic (exact) mass is 458 g/mol. The van der Waals surface area contributed by atoms with E-state index in [4.69, 9.17) is 11.6 Å². The number of nitrogens with one attached hydrogen (secondary N) is 1. The Balaban J connectivity index is 1.49. The van der Waals surface area contributed by atoms with Gasteiger partial charge in [-0.3, -0.25) is 9.52 Å². The van der Waals surface area contributed by atoms with Crippen LogP contribution in [-0.2, 0) is 16.6 Å². The van der Waals surface area contributed by atoms with E-state index in [0.717, 1.165) is 36.6 Å². The molecule has 1 saturated carbocycles. The fourth-order valence-electron chi connectivity index (χ4n) is 3.24. The first-order valence-corrected chi connectivity index (χ1v) is 11.6. The number of rotatable bonds is 7. The summed E-state index contributed by atoms with van der Waals surface area (Å²) in [6, 6.07) is 19.5. The number of benzene rings is 3. The summed E-state index contributed by atoms with van der Waals surface area (Å²) >= 11 is 5.69. The number of hydrogen-bond donors (Lipinski definition) is 1. The molecule has 4 rings (SSSR count). The highest BCUT2D eigenvalue weighted by atomic mass is 35.5. The van der Waals surface area contributed by atoms with Crippen LogP contribution in [0.4, 0.5) is 10.1 Å². The molecule has 1 aliphatic carbocycles. The second kappa shape index (κ2) is 8.69. The lowest BCUT2D eigenvalue weighted by Crippen LogP contribution is -2.32. The normalized spacial score (nSPS) is 13.6. The van der Waals surface area contributed by atoms with Gasteiger partial charge in [0.2, 0.25) is 0 Å². The fourth-order valence-corrected chi connectivity index (χ4v) is 4.57. The maximum absolute atomic E-state index is 13.3. The van der Waals surface area contributed by atoms with E-state index in [-0.39, 0.29) is 27.6 Å². The van der Waals surface area contributed by atoms with E-state index in [2.05, 4.69) is 4.72 Å². The average Bonchev–Trinajstić information content (AvgIpc) is 3.60. The van der Waals surface area contributed by atoms with Gasteiger partial charge in [0.25, 0.3) is 15.9 Å². The number of sulfonamides is 1. The Hall–Kier alpha value is -2.90. The zero-order valence-electron chi connectivity index (χ0n) is 16.5. The second-order valence-electron chi connectivity index (χ2n) is 7.41. The van der Waals surface area contributed by atoms with E-state index in [1.165, 1.54) is 12.1 Å². The van der Waals surface area contributed by atoms with Gasteiger partial charge in [0.15, 0.2) is 0 Å². The first-order valence-electron chi connectivity index (χ1n) is 9.76. The molecular weight excluding hydrogens is 439 g/mol. The topological polar surface area (TPSA) is 66.5 Å². The van der Waals surface area contributed by atoms with E-state index in [9.17, 15) is 17.6 Å². The summed E-state index contributed by atoms with van der Waals surface area (Å²) in [5, 5.41) is -0.276. The zero-order chi connectivity index (χ0) is 22.0. The Labute approximate surface area is 185 Å². The highest BCUT2D eigenvalue weighted by Gasteiger charge is 2.33. The third-order valence-electron chi connectivity index (χ3n) is 5.03. The minimum atomic E-state index is -3.94. The van der Waals surface area contributed by atoms with E-state index < -0.39 is 15.8 Å². The van der Waals surface area contributed by atoms with Crippen molar-refractivity contribution in [2.45, 2.75) is 30.3 Å². The first-order chi connectivity index (χ1) is 14.8. The van der Waals surface area contributed by atoms with Crippen LogP contribution in [0.1, 0.15) is 28.8 Å². The molecule has 1 fully saturated rings. The van der Waals surface area contributed by atoms with E-state index in [1.54, 1.807) is 12.1 Å². The lowest BCUT2D eigenvalue weighted by Gasteiger charge is -2.23. The van der Waals surface area contributed by atoms with Crippen LogP contribution in [0.3, 0.4) is 0 Å². The summed E-state index contributed by atoms with van der Waals surface area (Å²) in [6.07, 6.45) is 1.97. The minimum Gasteiger partial charge on any atom is -0.331 e. The van der Waals surface area contributed by atoms with Crippen molar-refractivity contribution in [2.24, 2.45) is 0 Å². The minimum absolute atomic E-state index is 0.0916. The number of halogens is 2. The molecule has 0 saturated heterocycles. The molecule has 3 aromatic rings. The van der Waals surface area contributed by atoms with E-state index in [0.29, 0.717) is 12.1 Å². The lowest BCUT2D eigenvalue weighted by atomic mass is 10.1. The Morgan fingerprint density at radius 3 is 2.32 bits per heavy atom. The summed E-state index contributed by atoms with van der Waals surface area (Å²) < 4.78 is 40.8. The first kappa shape index (κ1) is 21.3. The van der Waals surface area contributed by atoms with Gasteiger partial charge in [0, 0.05) is 23.8 Å². The molecule has 0 atom stereocenters. The molecule has 0 bridgehead atoms. The van der Waals surface area contributed by atoms with Crippen molar-refractivity contribution in [1.82, 2.24) is 4.90 Å². The molecule has 1 aliphatic rings. The zero-order valence-corrected chi connectivity index (χ0v) is 18.0. The number of amides is 1. The van der Waals surface area contributed by atoms with Gasteiger partial charge in [-0.1, -0.05) is 41.9 Å². The lowest BCUT2D eigenvalue weighted by molar-refractivity contribution is 0.0730. The molecule has 0 aromatic heterocycles. The van der Waals surface area contributed by atoms with Crippen LogP contribution in [0.15, 0.2) is 77.7 Å². The van der Waals surface area contributed by atoms with Crippen LogP contribution >= 0.6 is 11.6 Å². The van der Waals surface area contributed by atoms with Crippen molar-refractivity contribution in [3.63, 3.8) is 0 Å². The van der Waals surface area contributed by atoms with Crippen LogP contribution in [0.25, 0.3) is 0 Å². The van der Waals surface area contributed by atoms with Crippen LogP contribution in [0.2, 0.25) is 5.02 Å². The molecule has 1 N–H and O–H groups in total. The van der Waals surface area contributed by atoms with Gasteiger partial charge >= 0.3 is 0 Å². The Morgan fingerprint density at radius 2 is 1.71 bits per heavy atom. The van der Waals surface area contributed by atoms with Crippen LogP contribution in [-0.4, -0.2) is 25.3 Å². The van der Waals surface area contributed by atoms with E-state index >= 15 is 0 Å². The summed E-state index contributed by atoms with van der Waals surface area (Å²) in [5.41, 5.74) is 1.83. The van der Waals surface area contributed by atoms with Crippen LogP contribution < -0.4 is 4.72 Å². The third kappa shape index (κ3) is 5.06. The molecule has 160 valence electrons. The van der Waals surface area contributed by atoms with Crippen molar-refractivity contribution in [3.8, 4) is 0 Å². The fraction of sp³-hybridized carbons (Fsp3) is 0.174. The van der Waals surface area contributed by atoms with Crippen LogP contribution in [0, 0.1) is 5.82 Å². The average molecular weight is 459 g/mol. The molecule has 5 nitrogen and oxygen atoms in total. The van der Waals surface area contributed by atoms with Crippen molar-refractivity contribution < 1.29 is 17.6 Å². The largest absolute Gasteiger partial charge is 0.331 e. The molecule has 3 aromatic carbocycles. The van der Waals surface area contributed by atoms with Gasteiger partial charge in [0.05, 0.1) is 9.92 Å². The molecule has 0 heterocycles. The molecular formula is C23H20ClFN2O3S. The van der Waals surface area contributed by atoms with Gasteiger partial charge in [-0.2, -0.15) is 0 Å². The number of carbonyl (C=O) groups excluding carboxylic acids is 1.